The third kappa shape index (κ3) is 5.73. The molecule has 1 atom stereocenters. The molecule has 3 N–H and O–H groups in total. The molecule has 3 aromatic carbocycles. The summed E-state index contributed by atoms with van der Waals surface area (Å²) in [4.78, 5) is 25.6. The van der Waals surface area contributed by atoms with E-state index < -0.39 is 28.0 Å². The van der Waals surface area contributed by atoms with Crippen LogP contribution in [0, 0.1) is 13.8 Å². The van der Waals surface area contributed by atoms with Gasteiger partial charge in [-0.3, -0.25) is 4.79 Å². The number of anilines is 1. The van der Waals surface area contributed by atoms with E-state index in [2.05, 4.69) is 5.32 Å². The number of carbonyl (C=O) groups excluding carboxylic acids is 2. The van der Waals surface area contributed by atoms with Crippen molar-refractivity contribution in [2.75, 3.05) is 5.32 Å². The molecule has 32 heavy (non-hydrogen) atoms. The largest absolute Gasteiger partial charge is 0.444 e. The van der Waals surface area contributed by atoms with Crippen LogP contribution >= 0.6 is 11.6 Å². The standard InChI is InChI=1S/C23H21ClN2O5S/c1-14-10-15(2)12-17(11-14)26-22(27)21(16-6-4-3-5-7-16)31-23(28)19-13-18(32(25,29)30)8-9-20(19)24/h3-13,21H,1-2H3,(H,26,27)(H2,25,29,30). The van der Waals surface area contributed by atoms with Gasteiger partial charge in [-0.1, -0.05) is 48.0 Å². The third-order valence-corrected chi connectivity index (χ3v) is 5.78. The zero-order valence-corrected chi connectivity index (χ0v) is 18.9. The highest BCUT2D eigenvalue weighted by Crippen LogP contribution is 2.26. The molecule has 1 unspecified atom stereocenters. The third-order valence-electron chi connectivity index (χ3n) is 4.54. The first-order valence-corrected chi connectivity index (χ1v) is 11.4. The van der Waals surface area contributed by atoms with Gasteiger partial charge in [0.05, 0.1) is 15.5 Å². The number of sulfonamides is 1. The summed E-state index contributed by atoms with van der Waals surface area (Å²) in [7, 11) is -4.07. The van der Waals surface area contributed by atoms with Crippen molar-refractivity contribution >= 4 is 39.2 Å². The van der Waals surface area contributed by atoms with Gasteiger partial charge in [-0.05, 0) is 55.3 Å². The summed E-state index contributed by atoms with van der Waals surface area (Å²) < 4.78 is 28.8. The quantitative estimate of drug-likeness (QED) is 0.523. The molecule has 9 heteroatoms. The lowest BCUT2D eigenvalue weighted by Gasteiger charge is -2.19. The maximum absolute atomic E-state index is 13.1. The van der Waals surface area contributed by atoms with Crippen molar-refractivity contribution in [3.63, 3.8) is 0 Å². The number of hydrogen-bond acceptors (Lipinski definition) is 5. The number of esters is 1. The highest BCUT2D eigenvalue weighted by Gasteiger charge is 2.27. The number of amides is 1. The lowest BCUT2D eigenvalue weighted by atomic mass is 10.1. The summed E-state index contributed by atoms with van der Waals surface area (Å²) in [5.41, 5.74) is 2.68. The molecule has 0 saturated carbocycles. The van der Waals surface area contributed by atoms with Crippen LogP contribution < -0.4 is 10.5 Å². The van der Waals surface area contributed by atoms with Gasteiger partial charge in [0, 0.05) is 11.3 Å². The normalized spacial score (nSPS) is 12.1. The molecule has 0 radical (unpaired) electrons. The zero-order chi connectivity index (χ0) is 23.5. The molecule has 3 rings (SSSR count). The molecule has 0 heterocycles. The summed E-state index contributed by atoms with van der Waals surface area (Å²) in [6, 6.07) is 17.4. The van der Waals surface area contributed by atoms with Crippen molar-refractivity contribution in [3.8, 4) is 0 Å². The second-order valence-electron chi connectivity index (χ2n) is 7.25. The first-order valence-electron chi connectivity index (χ1n) is 9.52. The number of benzene rings is 3. The fourth-order valence-electron chi connectivity index (χ4n) is 3.16. The molecular formula is C23H21ClN2O5S. The van der Waals surface area contributed by atoms with Crippen molar-refractivity contribution < 1.29 is 22.7 Å². The highest BCUT2D eigenvalue weighted by molar-refractivity contribution is 7.89. The SMILES string of the molecule is Cc1cc(C)cc(NC(=O)C(OC(=O)c2cc(S(N)(=O)=O)ccc2Cl)c2ccccc2)c1. The Morgan fingerprint density at radius 3 is 2.19 bits per heavy atom. The van der Waals surface area contributed by atoms with Crippen LogP contribution in [0.4, 0.5) is 5.69 Å². The predicted molar refractivity (Wildman–Crippen MR) is 122 cm³/mol. The van der Waals surface area contributed by atoms with E-state index in [0.717, 1.165) is 17.2 Å². The summed E-state index contributed by atoms with van der Waals surface area (Å²) in [5, 5.41) is 7.87. The van der Waals surface area contributed by atoms with E-state index in [1.165, 1.54) is 12.1 Å². The molecule has 7 nitrogen and oxygen atoms in total. The summed E-state index contributed by atoms with van der Waals surface area (Å²) in [5.74, 6) is -1.54. The molecule has 0 spiro atoms. The maximum atomic E-state index is 13.1. The summed E-state index contributed by atoms with van der Waals surface area (Å²) in [6.45, 7) is 3.80. The van der Waals surface area contributed by atoms with Gasteiger partial charge in [-0.2, -0.15) is 0 Å². The number of nitrogens with one attached hydrogen (secondary N) is 1. The smallest absolute Gasteiger partial charge is 0.340 e. The summed E-state index contributed by atoms with van der Waals surface area (Å²) >= 11 is 6.08. The maximum Gasteiger partial charge on any atom is 0.340 e. The number of rotatable bonds is 6. The molecule has 0 aliphatic rings. The van der Waals surface area contributed by atoms with E-state index in [1.54, 1.807) is 42.5 Å². The first-order chi connectivity index (χ1) is 15.0. The Hall–Kier alpha value is -3.20. The average Bonchev–Trinajstić information content (AvgIpc) is 2.71. The number of nitrogens with two attached hydrogens (primary N) is 1. The summed E-state index contributed by atoms with van der Waals surface area (Å²) in [6.07, 6.45) is -1.31. The molecular weight excluding hydrogens is 452 g/mol. The van der Waals surface area contributed by atoms with Gasteiger partial charge in [0.25, 0.3) is 5.91 Å². The van der Waals surface area contributed by atoms with E-state index in [4.69, 9.17) is 21.5 Å². The van der Waals surface area contributed by atoms with Gasteiger partial charge in [0.1, 0.15) is 0 Å². The minimum Gasteiger partial charge on any atom is -0.444 e. The predicted octanol–water partition coefficient (Wildman–Crippen LogP) is 4.14. The average molecular weight is 473 g/mol. The van der Waals surface area contributed by atoms with E-state index in [-0.39, 0.29) is 15.5 Å². The van der Waals surface area contributed by atoms with Gasteiger partial charge in [0.15, 0.2) is 0 Å². The fraction of sp³-hybridized carbons (Fsp3) is 0.130. The Kier molecular flexibility index (Phi) is 6.98. The van der Waals surface area contributed by atoms with Crippen molar-refractivity contribution in [1.82, 2.24) is 0 Å². The van der Waals surface area contributed by atoms with E-state index in [0.29, 0.717) is 11.3 Å². The van der Waals surface area contributed by atoms with Gasteiger partial charge < -0.3 is 10.1 Å². The Morgan fingerprint density at radius 2 is 1.59 bits per heavy atom. The first kappa shape index (κ1) is 23.5. The van der Waals surface area contributed by atoms with Crippen LogP contribution in [0.25, 0.3) is 0 Å². The highest BCUT2D eigenvalue weighted by atomic mass is 35.5. The van der Waals surface area contributed by atoms with Gasteiger partial charge in [-0.15, -0.1) is 0 Å². The molecule has 166 valence electrons. The Labute approximate surface area is 191 Å². The van der Waals surface area contributed by atoms with Crippen molar-refractivity contribution in [2.45, 2.75) is 24.8 Å². The molecule has 0 fully saturated rings. The lowest BCUT2D eigenvalue weighted by molar-refractivity contribution is -0.125. The molecule has 0 bridgehead atoms. The molecule has 0 aromatic heterocycles. The van der Waals surface area contributed by atoms with Gasteiger partial charge in [-0.25, -0.2) is 18.4 Å². The Balaban J connectivity index is 1.94. The van der Waals surface area contributed by atoms with Crippen LogP contribution in [0.3, 0.4) is 0 Å². The zero-order valence-electron chi connectivity index (χ0n) is 17.3. The van der Waals surface area contributed by atoms with E-state index in [9.17, 15) is 18.0 Å². The molecule has 3 aromatic rings. The van der Waals surface area contributed by atoms with Gasteiger partial charge >= 0.3 is 5.97 Å². The van der Waals surface area contributed by atoms with Crippen LogP contribution in [0.1, 0.15) is 33.2 Å². The second kappa shape index (κ2) is 9.52. The molecule has 0 saturated heterocycles. The Bertz CT molecular complexity index is 1260. The monoisotopic (exact) mass is 472 g/mol. The van der Waals surface area contributed by atoms with Crippen LogP contribution in [0.15, 0.2) is 71.6 Å². The van der Waals surface area contributed by atoms with Crippen molar-refractivity contribution in [2.24, 2.45) is 5.14 Å². The van der Waals surface area contributed by atoms with E-state index >= 15 is 0 Å². The van der Waals surface area contributed by atoms with Crippen LogP contribution in [-0.2, 0) is 19.6 Å². The lowest BCUT2D eigenvalue weighted by Crippen LogP contribution is -2.26. The number of halogens is 1. The fourth-order valence-corrected chi connectivity index (χ4v) is 3.90. The molecule has 1 amide bonds. The Morgan fingerprint density at radius 1 is 0.969 bits per heavy atom. The van der Waals surface area contributed by atoms with Crippen LogP contribution in [-0.4, -0.2) is 20.3 Å². The number of hydrogen-bond donors (Lipinski definition) is 2. The topological polar surface area (TPSA) is 116 Å². The second-order valence-corrected chi connectivity index (χ2v) is 9.22. The number of aryl methyl sites for hydroxylation is 2. The van der Waals surface area contributed by atoms with Crippen molar-refractivity contribution in [1.29, 1.82) is 0 Å². The molecule has 0 aliphatic carbocycles. The van der Waals surface area contributed by atoms with Crippen molar-refractivity contribution in [3.05, 3.63) is 94.0 Å². The van der Waals surface area contributed by atoms with Crippen LogP contribution in [0.5, 0.6) is 0 Å². The minimum absolute atomic E-state index is 0.0380. The van der Waals surface area contributed by atoms with Gasteiger partial charge in [0.2, 0.25) is 16.1 Å². The number of primary sulfonamides is 1. The number of carbonyl (C=O) groups is 2. The minimum atomic E-state index is -4.07. The van der Waals surface area contributed by atoms with E-state index in [1.807, 2.05) is 19.9 Å². The van der Waals surface area contributed by atoms with Crippen LogP contribution in [0.2, 0.25) is 5.02 Å². The number of ether oxygens (including phenoxy) is 1. The molecule has 0 aliphatic heterocycles.